The molecular formula is C9H18O5S. The second kappa shape index (κ2) is 7.64. The van der Waals surface area contributed by atoms with Gasteiger partial charge in [-0.05, 0) is 12.8 Å². The second-order valence-electron chi connectivity index (χ2n) is 3.27. The van der Waals surface area contributed by atoms with Crippen LogP contribution in [-0.2, 0) is 19.6 Å². The van der Waals surface area contributed by atoms with Crippen LogP contribution in [0.2, 0.25) is 0 Å². The monoisotopic (exact) mass is 238 g/mol. The highest BCUT2D eigenvalue weighted by atomic mass is 32.2. The van der Waals surface area contributed by atoms with Crippen molar-refractivity contribution in [2.75, 3.05) is 12.4 Å². The Balaban J connectivity index is 3.23. The maximum atomic E-state index is 10.7. The molecule has 0 aliphatic carbocycles. The minimum absolute atomic E-state index is 0.193. The predicted octanol–water partition coefficient (Wildman–Crippen LogP) is 1.39. The van der Waals surface area contributed by atoms with Gasteiger partial charge in [0.15, 0.2) is 0 Å². The van der Waals surface area contributed by atoms with Gasteiger partial charge in [0.1, 0.15) is 0 Å². The first-order valence-electron chi connectivity index (χ1n) is 5.06. The van der Waals surface area contributed by atoms with Crippen molar-refractivity contribution >= 4 is 16.1 Å². The Morgan fingerprint density at radius 2 is 1.80 bits per heavy atom. The topological polar surface area (TPSA) is 80.7 Å². The Bertz CT molecular complexity index is 270. The Morgan fingerprint density at radius 3 is 2.33 bits per heavy atom. The van der Waals surface area contributed by atoms with Crippen LogP contribution in [0, 0.1) is 0 Å². The molecule has 0 aromatic carbocycles. The van der Waals surface area contributed by atoms with Crippen molar-refractivity contribution in [1.82, 2.24) is 0 Å². The molecule has 5 nitrogen and oxygen atoms in total. The maximum absolute atomic E-state index is 10.7. The Kier molecular flexibility index (Phi) is 7.33. The van der Waals surface area contributed by atoms with Crippen molar-refractivity contribution in [3.05, 3.63) is 0 Å². The molecule has 1 N–H and O–H groups in total. The van der Waals surface area contributed by atoms with Crippen LogP contribution in [0.3, 0.4) is 0 Å². The van der Waals surface area contributed by atoms with E-state index in [0.29, 0.717) is 25.9 Å². The minimum Gasteiger partial charge on any atom is -0.466 e. The second-order valence-corrected chi connectivity index (χ2v) is 4.85. The lowest BCUT2D eigenvalue weighted by Crippen LogP contribution is -2.05. The van der Waals surface area contributed by atoms with E-state index in [1.807, 2.05) is 0 Å². The lowest BCUT2D eigenvalue weighted by atomic mass is 10.2. The molecule has 0 atom stereocenters. The zero-order chi connectivity index (χ0) is 11.7. The van der Waals surface area contributed by atoms with Crippen LogP contribution >= 0.6 is 0 Å². The summed E-state index contributed by atoms with van der Waals surface area (Å²) in [4.78, 5) is 10.7. The first-order valence-corrected chi connectivity index (χ1v) is 6.67. The molecule has 0 saturated carbocycles. The highest BCUT2D eigenvalue weighted by Crippen LogP contribution is 2.02. The molecule has 90 valence electrons. The average molecular weight is 238 g/mol. The van der Waals surface area contributed by atoms with Gasteiger partial charge in [0.25, 0.3) is 10.1 Å². The van der Waals surface area contributed by atoms with Crippen LogP contribution in [0.5, 0.6) is 0 Å². The molecule has 0 saturated heterocycles. The molecule has 0 spiro atoms. The normalized spacial score (nSPS) is 11.3. The fraction of sp³-hybridized carbons (Fsp3) is 0.889. The summed E-state index contributed by atoms with van der Waals surface area (Å²) in [5.41, 5.74) is 0. The Morgan fingerprint density at radius 1 is 1.20 bits per heavy atom. The highest BCUT2D eigenvalue weighted by molar-refractivity contribution is 7.85. The number of ether oxygens (including phenoxy) is 1. The third kappa shape index (κ3) is 11.3. The minimum atomic E-state index is -3.82. The molecule has 0 fully saturated rings. The van der Waals surface area contributed by atoms with Crippen LogP contribution in [0.15, 0.2) is 0 Å². The van der Waals surface area contributed by atoms with Gasteiger partial charge in [-0.15, -0.1) is 0 Å². The van der Waals surface area contributed by atoms with E-state index in [4.69, 9.17) is 9.29 Å². The van der Waals surface area contributed by atoms with Gasteiger partial charge in [0, 0.05) is 6.42 Å². The van der Waals surface area contributed by atoms with Gasteiger partial charge in [0.2, 0.25) is 0 Å². The van der Waals surface area contributed by atoms with Crippen LogP contribution < -0.4 is 0 Å². The van der Waals surface area contributed by atoms with E-state index in [1.54, 1.807) is 6.92 Å². The van der Waals surface area contributed by atoms with Gasteiger partial charge < -0.3 is 4.74 Å². The molecule has 6 heteroatoms. The van der Waals surface area contributed by atoms with Crippen molar-refractivity contribution in [3.63, 3.8) is 0 Å². The van der Waals surface area contributed by atoms with E-state index in [9.17, 15) is 13.2 Å². The van der Waals surface area contributed by atoms with Gasteiger partial charge in [-0.25, -0.2) is 0 Å². The molecule has 0 amide bonds. The van der Waals surface area contributed by atoms with E-state index in [1.165, 1.54) is 0 Å². The third-order valence-electron chi connectivity index (χ3n) is 1.85. The van der Waals surface area contributed by atoms with Crippen molar-refractivity contribution in [3.8, 4) is 0 Å². The zero-order valence-electron chi connectivity index (χ0n) is 8.94. The van der Waals surface area contributed by atoms with Gasteiger partial charge in [0.05, 0.1) is 12.4 Å². The Hall–Kier alpha value is -0.620. The smallest absolute Gasteiger partial charge is 0.305 e. The lowest BCUT2D eigenvalue weighted by molar-refractivity contribution is -0.143. The SMILES string of the molecule is CCC(=O)OCCCCCCS(=O)(=O)O. The van der Waals surface area contributed by atoms with E-state index in [-0.39, 0.29) is 11.7 Å². The largest absolute Gasteiger partial charge is 0.466 e. The third-order valence-corrected chi connectivity index (χ3v) is 2.65. The van der Waals surface area contributed by atoms with Crippen LogP contribution in [0.4, 0.5) is 0 Å². The van der Waals surface area contributed by atoms with E-state index in [0.717, 1.165) is 12.8 Å². The summed E-state index contributed by atoms with van der Waals surface area (Å²) in [5, 5.41) is 0. The summed E-state index contributed by atoms with van der Waals surface area (Å²) in [7, 11) is -3.82. The summed E-state index contributed by atoms with van der Waals surface area (Å²) >= 11 is 0. The quantitative estimate of drug-likeness (QED) is 0.392. The summed E-state index contributed by atoms with van der Waals surface area (Å²) < 4.78 is 33.9. The van der Waals surface area contributed by atoms with Crippen LogP contribution in [0.1, 0.15) is 39.0 Å². The molecule has 0 unspecified atom stereocenters. The fourth-order valence-corrected chi connectivity index (χ4v) is 1.60. The number of esters is 1. The molecule has 0 aliphatic heterocycles. The Labute approximate surface area is 90.6 Å². The molecule has 0 aliphatic rings. The zero-order valence-corrected chi connectivity index (χ0v) is 9.75. The predicted molar refractivity (Wildman–Crippen MR) is 56.1 cm³/mol. The maximum Gasteiger partial charge on any atom is 0.305 e. The summed E-state index contributed by atoms with van der Waals surface area (Å²) in [6.45, 7) is 2.12. The standard InChI is InChI=1S/C9H18O5S/c1-2-9(10)14-7-5-3-4-6-8-15(11,12)13/h2-8H2,1H3,(H,11,12,13). The van der Waals surface area contributed by atoms with Crippen molar-refractivity contribution in [1.29, 1.82) is 0 Å². The summed E-state index contributed by atoms with van der Waals surface area (Å²) in [5.74, 6) is -0.408. The fourth-order valence-electron chi connectivity index (χ4n) is 1.03. The van der Waals surface area contributed by atoms with Gasteiger partial charge in [-0.2, -0.15) is 8.42 Å². The average Bonchev–Trinajstić information content (AvgIpc) is 2.14. The molecule has 15 heavy (non-hydrogen) atoms. The highest BCUT2D eigenvalue weighted by Gasteiger charge is 2.03. The van der Waals surface area contributed by atoms with E-state index in [2.05, 4.69) is 0 Å². The first kappa shape index (κ1) is 14.4. The molecule has 0 radical (unpaired) electrons. The molecule has 0 rings (SSSR count). The van der Waals surface area contributed by atoms with Gasteiger partial charge >= 0.3 is 5.97 Å². The van der Waals surface area contributed by atoms with Gasteiger partial charge in [-0.3, -0.25) is 9.35 Å². The molecular weight excluding hydrogens is 220 g/mol. The molecule has 0 aromatic rings. The number of unbranched alkanes of at least 4 members (excludes halogenated alkanes) is 3. The number of hydrogen-bond acceptors (Lipinski definition) is 4. The lowest BCUT2D eigenvalue weighted by Gasteiger charge is -2.02. The number of carbonyl (C=O) groups is 1. The van der Waals surface area contributed by atoms with Crippen molar-refractivity contribution in [2.24, 2.45) is 0 Å². The summed E-state index contributed by atoms with van der Waals surface area (Å²) in [6.07, 6.45) is 3.07. The summed E-state index contributed by atoms with van der Waals surface area (Å²) in [6, 6.07) is 0. The molecule has 0 aromatic heterocycles. The van der Waals surface area contributed by atoms with E-state index >= 15 is 0 Å². The molecule has 0 bridgehead atoms. The van der Waals surface area contributed by atoms with Crippen LogP contribution in [-0.4, -0.2) is 31.3 Å². The number of rotatable bonds is 8. The van der Waals surface area contributed by atoms with Gasteiger partial charge in [-0.1, -0.05) is 19.8 Å². The number of carbonyl (C=O) groups excluding carboxylic acids is 1. The first-order chi connectivity index (χ1) is 6.95. The number of hydrogen-bond donors (Lipinski definition) is 1. The van der Waals surface area contributed by atoms with Crippen molar-refractivity contribution < 1.29 is 22.5 Å². The van der Waals surface area contributed by atoms with E-state index < -0.39 is 10.1 Å². The van der Waals surface area contributed by atoms with Crippen LogP contribution in [0.25, 0.3) is 0 Å². The molecule has 0 heterocycles. The van der Waals surface area contributed by atoms with Crippen molar-refractivity contribution in [2.45, 2.75) is 39.0 Å².